The van der Waals surface area contributed by atoms with Crippen molar-refractivity contribution >= 4 is 17.6 Å². The van der Waals surface area contributed by atoms with Crippen molar-refractivity contribution in [3.8, 4) is 5.75 Å². The van der Waals surface area contributed by atoms with Crippen LogP contribution in [0.1, 0.15) is 20.3 Å². The van der Waals surface area contributed by atoms with Gasteiger partial charge in [0.15, 0.2) is 0 Å². The summed E-state index contributed by atoms with van der Waals surface area (Å²) in [5.41, 5.74) is 0.535. The fourth-order valence-electron chi connectivity index (χ4n) is 2.11. The summed E-state index contributed by atoms with van der Waals surface area (Å²) in [4.78, 5) is 25.5. The molecule has 1 aliphatic heterocycles. The van der Waals surface area contributed by atoms with Crippen molar-refractivity contribution < 1.29 is 14.3 Å². The van der Waals surface area contributed by atoms with Crippen LogP contribution < -0.4 is 15.0 Å². The number of amides is 3. The maximum atomic E-state index is 12.3. The third-order valence-corrected chi connectivity index (χ3v) is 3.49. The van der Waals surface area contributed by atoms with Crippen molar-refractivity contribution in [1.29, 1.82) is 0 Å². The molecule has 2 unspecified atom stereocenters. The molecule has 1 fully saturated rings. The standard InChI is InChI=1S/C14H18N2O3/c1-4-9(2)12-13(17)16(14(18)15-12)10-6-5-7-11(8-10)19-3/h5-9,12H,4H2,1-3H3,(H,15,18). The highest BCUT2D eigenvalue weighted by Gasteiger charge is 2.41. The second-order valence-corrected chi connectivity index (χ2v) is 4.69. The topological polar surface area (TPSA) is 58.6 Å². The number of methoxy groups -OCH3 is 1. The van der Waals surface area contributed by atoms with Crippen molar-refractivity contribution in [2.24, 2.45) is 5.92 Å². The zero-order valence-corrected chi connectivity index (χ0v) is 11.3. The quantitative estimate of drug-likeness (QED) is 0.846. The lowest BCUT2D eigenvalue weighted by molar-refractivity contribution is -0.119. The summed E-state index contributed by atoms with van der Waals surface area (Å²) < 4.78 is 5.11. The minimum atomic E-state index is -0.441. The molecule has 5 nitrogen and oxygen atoms in total. The zero-order chi connectivity index (χ0) is 14.0. The highest BCUT2D eigenvalue weighted by molar-refractivity contribution is 6.21. The van der Waals surface area contributed by atoms with Crippen LogP contribution in [0.25, 0.3) is 0 Å². The predicted octanol–water partition coefficient (Wildman–Crippen LogP) is 2.17. The van der Waals surface area contributed by atoms with Crippen LogP contribution in [0.2, 0.25) is 0 Å². The molecule has 1 N–H and O–H groups in total. The van der Waals surface area contributed by atoms with E-state index in [0.29, 0.717) is 11.4 Å². The van der Waals surface area contributed by atoms with Crippen LogP contribution in [0.3, 0.4) is 0 Å². The summed E-state index contributed by atoms with van der Waals surface area (Å²) in [5, 5.41) is 2.74. The Morgan fingerprint density at radius 3 is 2.79 bits per heavy atom. The molecule has 19 heavy (non-hydrogen) atoms. The van der Waals surface area contributed by atoms with Crippen LogP contribution in [0, 0.1) is 5.92 Å². The first-order valence-corrected chi connectivity index (χ1v) is 6.37. The number of imide groups is 1. The number of hydrogen-bond acceptors (Lipinski definition) is 3. The molecule has 1 aliphatic rings. The first-order valence-electron chi connectivity index (χ1n) is 6.37. The molecule has 1 saturated heterocycles. The fourth-order valence-corrected chi connectivity index (χ4v) is 2.11. The van der Waals surface area contributed by atoms with Crippen molar-refractivity contribution in [3.05, 3.63) is 24.3 Å². The smallest absolute Gasteiger partial charge is 0.329 e. The monoisotopic (exact) mass is 262 g/mol. The summed E-state index contributed by atoms with van der Waals surface area (Å²) in [7, 11) is 1.55. The Morgan fingerprint density at radius 2 is 2.16 bits per heavy atom. The third-order valence-electron chi connectivity index (χ3n) is 3.49. The number of anilines is 1. The number of hydrogen-bond donors (Lipinski definition) is 1. The van der Waals surface area contributed by atoms with Gasteiger partial charge in [-0.25, -0.2) is 9.69 Å². The molecule has 1 aromatic rings. The maximum Gasteiger partial charge on any atom is 0.329 e. The Kier molecular flexibility index (Phi) is 3.74. The summed E-state index contributed by atoms with van der Waals surface area (Å²) in [6, 6.07) is 6.11. The Labute approximate surface area is 112 Å². The molecule has 0 saturated carbocycles. The zero-order valence-electron chi connectivity index (χ0n) is 11.3. The normalized spacial score (nSPS) is 20.4. The van der Waals surface area contributed by atoms with E-state index in [4.69, 9.17) is 4.74 Å². The van der Waals surface area contributed by atoms with E-state index in [1.807, 2.05) is 13.8 Å². The van der Waals surface area contributed by atoms with Gasteiger partial charge < -0.3 is 10.1 Å². The van der Waals surface area contributed by atoms with Gasteiger partial charge in [-0.1, -0.05) is 26.3 Å². The van der Waals surface area contributed by atoms with Crippen LogP contribution in [-0.4, -0.2) is 25.1 Å². The molecule has 2 rings (SSSR count). The van der Waals surface area contributed by atoms with Crippen LogP contribution in [-0.2, 0) is 4.79 Å². The van der Waals surface area contributed by atoms with Gasteiger partial charge in [0.05, 0.1) is 12.8 Å². The molecule has 3 amide bonds. The van der Waals surface area contributed by atoms with Gasteiger partial charge in [0.2, 0.25) is 0 Å². The van der Waals surface area contributed by atoms with Gasteiger partial charge in [0.1, 0.15) is 11.8 Å². The summed E-state index contributed by atoms with van der Waals surface area (Å²) >= 11 is 0. The van der Waals surface area contributed by atoms with Gasteiger partial charge in [-0.2, -0.15) is 0 Å². The lowest BCUT2D eigenvalue weighted by Crippen LogP contribution is -2.35. The first kappa shape index (κ1) is 13.4. The molecular weight excluding hydrogens is 244 g/mol. The van der Waals surface area contributed by atoms with Gasteiger partial charge in [0.25, 0.3) is 5.91 Å². The van der Waals surface area contributed by atoms with Crippen molar-refractivity contribution in [3.63, 3.8) is 0 Å². The largest absolute Gasteiger partial charge is 0.497 e. The van der Waals surface area contributed by atoms with Crippen molar-refractivity contribution in [2.75, 3.05) is 12.0 Å². The van der Waals surface area contributed by atoms with Crippen LogP contribution in [0.15, 0.2) is 24.3 Å². The minimum Gasteiger partial charge on any atom is -0.497 e. The Morgan fingerprint density at radius 1 is 1.42 bits per heavy atom. The third kappa shape index (κ3) is 2.41. The molecular formula is C14H18N2O3. The molecule has 0 aliphatic carbocycles. The van der Waals surface area contributed by atoms with E-state index in [1.54, 1.807) is 31.4 Å². The number of carbonyl (C=O) groups is 2. The number of nitrogens with zero attached hydrogens (tertiary/aromatic N) is 1. The van der Waals surface area contributed by atoms with Crippen molar-refractivity contribution in [1.82, 2.24) is 5.32 Å². The number of rotatable bonds is 4. The molecule has 5 heteroatoms. The molecule has 0 spiro atoms. The number of benzene rings is 1. The molecule has 2 atom stereocenters. The van der Waals surface area contributed by atoms with E-state index in [0.717, 1.165) is 6.42 Å². The molecule has 0 radical (unpaired) electrons. The van der Waals surface area contributed by atoms with Crippen molar-refractivity contribution in [2.45, 2.75) is 26.3 Å². The lowest BCUT2D eigenvalue weighted by atomic mass is 9.99. The average molecular weight is 262 g/mol. The lowest BCUT2D eigenvalue weighted by Gasteiger charge is -2.16. The van der Waals surface area contributed by atoms with Crippen LogP contribution >= 0.6 is 0 Å². The van der Waals surface area contributed by atoms with Crippen LogP contribution in [0.4, 0.5) is 10.5 Å². The first-order chi connectivity index (χ1) is 9.08. The van der Waals surface area contributed by atoms with E-state index in [-0.39, 0.29) is 17.9 Å². The second kappa shape index (κ2) is 5.30. The predicted molar refractivity (Wildman–Crippen MR) is 72.3 cm³/mol. The number of ether oxygens (including phenoxy) is 1. The molecule has 0 aromatic heterocycles. The van der Waals surface area contributed by atoms with E-state index in [1.165, 1.54) is 4.90 Å². The van der Waals surface area contributed by atoms with E-state index < -0.39 is 6.04 Å². The van der Waals surface area contributed by atoms with Gasteiger partial charge >= 0.3 is 6.03 Å². The highest BCUT2D eigenvalue weighted by atomic mass is 16.5. The van der Waals surface area contributed by atoms with E-state index in [2.05, 4.69) is 5.32 Å². The van der Waals surface area contributed by atoms with Gasteiger partial charge in [0, 0.05) is 6.07 Å². The molecule has 0 bridgehead atoms. The summed E-state index contributed by atoms with van der Waals surface area (Å²) in [5.74, 6) is 0.532. The Bertz CT molecular complexity index is 501. The van der Waals surface area contributed by atoms with Gasteiger partial charge in [-0.3, -0.25) is 4.79 Å². The molecule has 1 heterocycles. The number of nitrogens with one attached hydrogen (secondary N) is 1. The summed E-state index contributed by atoms with van der Waals surface area (Å²) in [6.45, 7) is 3.95. The minimum absolute atomic E-state index is 0.118. The van der Waals surface area contributed by atoms with E-state index >= 15 is 0 Å². The SMILES string of the molecule is CCC(C)C1NC(=O)N(c2cccc(OC)c2)C1=O. The number of carbonyl (C=O) groups excluding carboxylic acids is 2. The molecule has 102 valence electrons. The number of urea groups is 1. The van der Waals surface area contributed by atoms with E-state index in [9.17, 15) is 9.59 Å². The second-order valence-electron chi connectivity index (χ2n) is 4.69. The Balaban J connectivity index is 2.29. The Hall–Kier alpha value is -2.04. The summed E-state index contributed by atoms with van der Waals surface area (Å²) in [6.07, 6.45) is 0.836. The van der Waals surface area contributed by atoms with Crippen LogP contribution in [0.5, 0.6) is 5.75 Å². The fraction of sp³-hybridized carbons (Fsp3) is 0.429. The molecule has 1 aromatic carbocycles. The van der Waals surface area contributed by atoms with Gasteiger partial charge in [-0.05, 0) is 18.1 Å². The average Bonchev–Trinajstić information content (AvgIpc) is 2.73. The van der Waals surface area contributed by atoms with Gasteiger partial charge in [-0.15, -0.1) is 0 Å². The highest BCUT2D eigenvalue weighted by Crippen LogP contribution is 2.26. The maximum absolute atomic E-state index is 12.3.